The molecule has 13 heavy (non-hydrogen) atoms. The molecule has 0 aromatic heterocycles. The molecule has 0 fully saturated rings. The average molecular weight is 289 g/mol. The van der Waals surface area contributed by atoms with Crippen LogP contribution in [-0.2, 0) is 0 Å². The lowest BCUT2D eigenvalue weighted by Gasteiger charge is -2.03. The average Bonchev–Trinajstić information content (AvgIpc) is 2.03. The fraction of sp³-hybridized carbons (Fsp3) is 0. The van der Waals surface area contributed by atoms with Crippen molar-refractivity contribution in [1.82, 2.24) is 5.32 Å². The summed E-state index contributed by atoms with van der Waals surface area (Å²) >= 11 is 2.05. The molecule has 0 aliphatic heterocycles. The molecule has 1 aromatic carbocycles. The molecule has 0 aliphatic carbocycles. The molecule has 68 valence electrons. The number of benzene rings is 1. The van der Waals surface area contributed by atoms with Gasteiger partial charge in [-0.3, -0.25) is 15.5 Å². The number of nitrogens with one attached hydrogen (secondary N) is 2. The lowest BCUT2D eigenvalue weighted by molar-refractivity contribution is 0.0975. The van der Waals surface area contributed by atoms with Gasteiger partial charge in [0.2, 0.25) is 0 Å². The first-order valence-corrected chi connectivity index (χ1v) is 4.59. The number of hydrogen-bond donors (Lipinski definition) is 3. The van der Waals surface area contributed by atoms with Crippen molar-refractivity contribution < 1.29 is 4.79 Å². The highest BCUT2D eigenvalue weighted by molar-refractivity contribution is 14.1. The summed E-state index contributed by atoms with van der Waals surface area (Å²) in [6, 6.07) is 7.10. The van der Waals surface area contributed by atoms with E-state index in [1.807, 2.05) is 12.1 Å². The van der Waals surface area contributed by atoms with Crippen LogP contribution in [0.5, 0.6) is 0 Å². The number of amides is 1. The first kappa shape index (κ1) is 9.97. The summed E-state index contributed by atoms with van der Waals surface area (Å²) in [5.74, 6) is -0.692. The Balaban J connectivity index is 2.89. The second-order valence-corrected chi connectivity index (χ2v) is 3.51. The summed E-state index contributed by atoms with van der Waals surface area (Å²) in [5, 5.41) is 9.11. The summed E-state index contributed by atoms with van der Waals surface area (Å²) in [5.41, 5.74) is 5.56. The lowest BCUT2D eigenvalue weighted by Crippen LogP contribution is -2.36. The molecule has 0 spiro atoms. The molecule has 0 atom stereocenters. The van der Waals surface area contributed by atoms with Crippen LogP contribution in [0.2, 0.25) is 0 Å². The molecule has 0 bridgehead atoms. The standard InChI is InChI=1S/C8H8IN3O/c9-6-4-2-1-3-5(6)7(13)12-8(10)11/h1-4H,(H4,10,11,12,13). The van der Waals surface area contributed by atoms with Gasteiger partial charge in [0.15, 0.2) is 5.96 Å². The van der Waals surface area contributed by atoms with E-state index >= 15 is 0 Å². The van der Waals surface area contributed by atoms with Crippen LogP contribution in [0.3, 0.4) is 0 Å². The maximum atomic E-state index is 11.3. The van der Waals surface area contributed by atoms with E-state index in [-0.39, 0.29) is 11.9 Å². The second-order valence-electron chi connectivity index (χ2n) is 2.35. The highest BCUT2D eigenvalue weighted by atomic mass is 127. The molecule has 0 saturated heterocycles. The molecule has 0 radical (unpaired) electrons. The summed E-state index contributed by atoms with van der Waals surface area (Å²) in [6.45, 7) is 0. The summed E-state index contributed by atoms with van der Waals surface area (Å²) < 4.78 is 0.832. The van der Waals surface area contributed by atoms with Gasteiger partial charge in [-0.15, -0.1) is 0 Å². The minimum atomic E-state index is -0.350. The van der Waals surface area contributed by atoms with Crippen molar-refractivity contribution in [2.24, 2.45) is 5.73 Å². The largest absolute Gasteiger partial charge is 0.370 e. The molecule has 5 heteroatoms. The van der Waals surface area contributed by atoms with E-state index in [0.717, 1.165) is 3.57 Å². The normalized spacial score (nSPS) is 9.31. The number of carbonyl (C=O) groups excluding carboxylic acids is 1. The lowest BCUT2D eigenvalue weighted by atomic mass is 10.2. The Kier molecular flexibility index (Phi) is 3.24. The van der Waals surface area contributed by atoms with Crippen molar-refractivity contribution in [3.05, 3.63) is 33.4 Å². The number of carbonyl (C=O) groups is 1. The predicted molar refractivity (Wildman–Crippen MR) is 58.5 cm³/mol. The SMILES string of the molecule is N=C(N)NC(=O)c1ccccc1I. The summed E-state index contributed by atoms with van der Waals surface area (Å²) in [7, 11) is 0. The Hall–Kier alpha value is -1.11. The molecule has 0 saturated carbocycles. The van der Waals surface area contributed by atoms with Crippen LogP contribution in [-0.4, -0.2) is 11.9 Å². The number of halogens is 1. The van der Waals surface area contributed by atoms with E-state index in [2.05, 4.69) is 27.9 Å². The Labute approximate surface area is 89.2 Å². The molecule has 1 rings (SSSR count). The van der Waals surface area contributed by atoms with Crippen LogP contribution in [0.1, 0.15) is 10.4 Å². The highest BCUT2D eigenvalue weighted by Gasteiger charge is 2.08. The first-order chi connectivity index (χ1) is 6.11. The van der Waals surface area contributed by atoms with Crippen LogP contribution < -0.4 is 11.1 Å². The van der Waals surface area contributed by atoms with Gasteiger partial charge in [0.25, 0.3) is 5.91 Å². The topological polar surface area (TPSA) is 79.0 Å². The Morgan fingerprint density at radius 1 is 1.46 bits per heavy atom. The van der Waals surface area contributed by atoms with Gasteiger partial charge in [-0.25, -0.2) is 0 Å². The number of nitrogens with two attached hydrogens (primary N) is 1. The number of rotatable bonds is 1. The third kappa shape index (κ3) is 2.69. The fourth-order valence-electron chi connectivity index (χ4n) is 0.835. The Morgan fingerprint density at radius 2 is 2.08 bits per heavy atom. The minimum absolute atomic E-state index is 0.343. The van der Waals surface area contributed by atoms with Crippen LogP contribution in [0.25, 0.3) is 0 Å². The molecular weight excluding hydrogens is 281 g/mol. The van der Waals surface area contributed by atoms with Gasteiger partial charge >= 0.3 is 0 Å². The molecule has 4 nitrogen and oxygen atoms in total. The molecule has 1 amide bonds. The van der Waals surface area contributed by atoms with Crippen molar-refractivity contribution in [3.8, 4) is 0 Å². The summed E-state index contributed by atoms with van der Waals surface area (Å²) in [4.78, 5) is 11.3. The molecule has 0 unspecified atom stereocenters. The first-order valence-electron chi connectivity index (χ1n) is 3.51. The monoisotopic (exact) mass is 289 g/mol. The van der Waals surface area contributed by atoms with Crippen molar-refractivity contribution in [2.75, 3.05) is 0 Å². The zero-order valence-electron chi connectivity index (χ0n) is 6.67. The third-order valence-corrected chi connectivity index (χ3v) is 2.31. The fourth-order valence-corrected chi connectivity index (χ4v) is 1.47. The Bertz CT molecular complexity index is 351. The van der Waals surface area contributed by atoms with Gasteiger partial charge in [0.1, 0.15) is 0 Å². The van der Waals surface area contributed by atoms with Gasteiger partial charge in [0.05, 0.1) is 5.56 Å². The molecular formula is C8H8IN3O. The predicted octanol–water partition coefficient (Wildman–Crippen LogP) is 0.914. The maximum absolute atomic E-state index is 11.3. The highest BCUT2D eigenvalue weighted by Crippen LogP contribution is 2.10. The van der Waals surface area contributed by atoms with Gasteiger partial charge < -0.3 is 5.73 Å². The van der Waals surface area contributed by atoms with Crippen molar-refractivity contribution >= 4 is 34.5 Å². The molecule has 0 heterocycles. The van der Waals surface area contributed by atoms with Crippen molar-refractivity contribution in [3.63, 3.8) is 0 Å². The maximum Gasteiger partial charge on any atom is 0.259 e. The summed E-state index contributed by atoms with van der Waals surface area (Å²) in [6.07, 6.45) is 0. The van der Waals surface area contributed by atoms with Crippen molar-refractivity contribution in [2.45, 2.75) is 0 Å². The second kappa shape index (κ2) is 4.22. The quantitative estimate of drug-likeness (QED) is 0.408. The van der Waals surface area contributed by atoms with Crippen LogP contribution >= 0.6 is 22.6 Å². The number of hydrogen-bond acceptors (Lipinski definition) is 2. The van der Waals surface area contributed by atoms with E-state index in [4.69, 9.17) is 11.1 Å². The van der Waals surface area contributed by atoms with E-state index in [9.17, 15) is 4.79 Å². The van der Waals surface area contributed by atoms with E-state index in [1.54, 1.807) is 12.1 Å². The van der Waals surface area contributed by atoms with Crippen LogP contribution in [0.15, 0.2) is 24.3 Å². The van der Waals surface area contributed by atoms with Gasteiger partial charge in [-0.05, 0) is 34.7 Å². The van der Waals surface area contributed by atoms with Crippen LogP contribution in [0.4, 0.5) is 0 Å². The van der Waals surface area contributed by atoms with Gasteiger partial charge in [0, 0.05) is 3.57 Å². The van der Waals surface area contributed by atoms with E-state index in [0.29, 0.717) is 5.56 Å². The van der Waals surface area contributed by atoms with Crippen LogP contribution in [0, 0.1) is 8.98 Å². The smallest absolute Gasteiger partial charge is 0.259 e. The van der Waals surface area contributed by atoms with E-state index in [1.165, 1.54) is 0 Å². The molecule has 4 N–H and O–H groups in total. The van der Waals surface area contributed by atoms with E-state index < -0.39 is 0 Å². The minimum Gasteiger partial charge on any atom is -0.370 e. The Morgan fingerprint density at radius 3 is 2.62 bits per heavy atom. The number of guanidine groups is 1. The molecule has 0 aliphatic rings. The third-order valence-electron chi connectivity index (χ3n) is 1.37. The van der Waals surface area contributed by atoms with Crippen molar-refractivity contribution in [1.29, 1.82) is 5.41 Å². The zero-order valence-corrected chi connectivity index (χ0v) is 8.83. The molecule has 1 aromatic rings. The zero-order chi connectivity index (χ0) is 9.84. The van der Waals surface area contributed by atoms with Gasteiger partial charge in [-0.2, -0.15) is 0 Å². The van der Waals surface area contributed by atoms with Gasteiger partial charge in [-0.1, -0.05) is 12.1 Å².